The van der Waals surface area contributed by atoms with Gasteiger partial charge in [0.1, 0.15) is 10.9 Å². The highest BCUT2D eigenvalue weighted by Crippen LogP contribution is 2.27. The number of benzene rings is 1. The summed E-state index contributed by atoms with van der Waals surface area (Å²) < 4.78 is 7.00. The zero-order valence-electron chi connectivity index (χ0n) is 17.7. The molecule has 0 radical (unpaired) electrons. The first kappa shape index (κ1) is 21.7. The molecule has 0 unspecified atom stereocenters. The third kappa shape index (κ3) is 5.11. The Morgan fingerprint density at radius 3 is 2.48 bits per heavy atom. The number of nitrogens with zero attached hydrogens (tertiary/aromatic N) is 3. The summed E-state index contributed by atoms with van der Waals surface area (Å²) in [6, 6.07) is 8.21. The number of ether oxygens (including phenoxy) is 1. The molecule has 2 aromatic rings. The van der Waals surface area contributed by atoms with E-state index in [2.05, 4.69) is 41.3 Å². The number of carbonyl (C=O) groups excluding carboxylic acids is 1. The van der Waals surface area contributed by atoms with Gasteiger partial charge in [0.05, 0.1) is 24.4 Å². The molecule has 3 rings (SSSR count). The second-order valence-corrected chi connectivity index (χ2v) is 8.43. The van der Waals surface area contributed by atoms with Crippen LogP contribution in [-0.2, 0) is 6.54 Å². The zero-order valence-corrected chi connectivity index (χ0v) is 18.5. The number of rotatable bonds is 8. The minimum atomic E-state index is -0.166. The van der Waals surface area contributed by atoms with Crippen molar-refractivity contribution >= 4 is 17.5 Å². The molecule has 1 N–H and O–H groups in total. The molecule has 0 saturated carbocycles. The maximum absolute atomic E-state index is 12.9. The maximum atomic E-state index is 12.9. The highest BCUT2D eigenvalue weighted by atomic mass is 35.5. The Bertz CT molecular complexity index is 826. The fourth-order valence-corrected chi connectivity index (χ4v) is 4.22. The van der Waals surface area contributed by atoms with Crippen LogP contribution in [0.2, 0.25) is 5.15 Å². The lowest BCUT2D eigenvalue weighted by Gasteiger charge is -2.28. The minimum absolute atomic E-state index is 0.122. The molecule has 1 fully saturated rings. The van der Waals surface area contributed by atoms with Crippen LogP contribution < -0.4 is 10.1 Å². The Balaban J connectivity index is 1.75. The lowest BCUT2D eigenvalue weighted by Crippen LogP contribution is -2.37. The van der Waals surface area contributed by atoms with E-state index in [9.17, 15) is 4.79 Å². The SMILES string of the molecule is COc1ccc([C@H](CNC(=O)c2c(C)nn(CC(C)C)c2Cl)N2CCCC2)cc1. The Morgan fingerprint density at radius 2 is 1.90 bits per heavy atom. The third-order valence-electron chi connectivity index (χ3n) is 5.37. The van der Waals surface area contributed by atoms with Gasteiger partial charge in [0.2, 0.25) is 0 Å². The molecule has 7 heteroatoms. The highest BCUT2D eigenvalue weighted by Gasteiger charge is 2.26. The van der Waals surface area contributed by atoms with Gasteiger partial charge in [-0.15, -0.1) is 0 Å². The molecule has 29 heavy (non-hydrogen) atoms. The molecular formula is C22H31ClN4O2. The van der Waals surface area contributed by atoms with Gasteiger partial charge < -0.3 is 10.1 Å². The summed E-state index contributed by atoms with van der Waals surface area (Å²) in [7, 11) is 1.67. The first-order valence-electron chi connectivity index (χ1n) is 10.3. The number of carbonyl (C=O) groups is 1. The van der Waals surface area contributed by atoms with Crippen LogP contribution in [0.1, 0.15) is 54.3 Å². The summed E-state index contributed by atoms with van der Waals surface area (Å²) in [6.07, 6.45) is 2.38. The summed E-state index contributed by atoms with van der Waals surface area (Å²) in [5.74, 6) is 1.07. The minimum Gasteiger partial charge on any atom is -0.497 e. The number of likely N-dealkylation sites (tertiary alicyclic amines) is 1. The van der Waals surface area contributed by atoms with Crippen molar-refractivity contribution in [2.75, 3.05) is 26.7 Å². The summed E-state index contributed by atoms with van der Waals surface area (Å²) in [4.78, 5) is 15.4. The van der Waals surface area contributed by atoms with E-state index in [1.165, 1.54) is 18.4 Å². The molecule has 0 bridgehead atoms. The topological polar surface area (TPSA) is 59.4 Å². The van der Waals surface area contributed by atoms with E-state index in [-0.39, 0.29) is 11.9 Å². The summed E-state index contributed by atoms with van der Waals surface area (Å²) in [5.41, 5.74) is 2.31. The summed E-state index contributed by atoms with van der Waals surface area (Å²) in [5, 5.41) is 7.97. The Labute approximate surface area is 178 Å². The van der Waals surface area contributed by atoms with E-state index < -0.39 is 0 Å². The van der Waals surface area contributed by atoms with Gasteiger partial charge in [-0.25, -0.2) is 0 Å². The number of methoxy groups -OCH3 is 1. The van der Waals surface area contributed by atoms with Gasteiger partial charge in [-0.2, -0.15) is 5.10 Å². The van der Waals surface area contributed by atoms with Gasteiger partial charge in [0.15, 0.2) is 0 Å². The number of hydrogen-bond acceptors (Lipinski definition) is 4. The smallest absolute Gasteiger partial charge is 0.256 e. The number of halogens is 1. The molecule has 1 atom stereocenters. The molecule has 1 saturated heterocycles. The van der Waals surface area contributed by atoms with Gasteiger partial charge in [-0.05, 0) is 56.5 Å². The van der Waals surface area contributed by atoms with Crippen molar-refractivity contribution in [3.8, 4) is 5.75 Å². The monoisotopic (exact) mass is 418 g/mol. The largest absolute Gasteiger partial charge is 0.497 e. The predicted octanol–water partition coefficient (Wildman–Crippen LogP) is 4.08. The molecule has 0 spiro atoms. The van der Waals surface area contributed by atoms with Gasteiger partial charge in [-0.3, -0.25) is 14.4 Å². The third-order valence-corrected chi connectivity index (χ3v) is 5.75. The average Bonchev–Trinajstić information content (AvgIpc) is 3.31. The Kier molecular flexibility index (Phi) is 7.19. The van der Waals surface area contributed by atoms with Gasteiger partial charge in [0, 0.05) is 13.1 Å². The Morgan fingerprint density at radius 1 is 1.24 bits per heavy atom. The lowest BCUT2D eigenvalue weighted by atomic mass is 10.0. The van der Waals surface area contributed by atoms with Crippen molar-refractivity contribution in [3.63, 3.8) is 0 Å². The molecule has 6 nitrogen and oxygen atoms in total. The van der Waals surface area contributed by atoms with Crippen LogP contribution in [0.5, 0.6) is 5.75 Å². The lowest BCUT2D eigenvalue weighted by molar-refractivity contribution is 0.0937. The molecule has 1 aromatic heterocycles. The van der Waals surface area contributed by atoms with Crippen molar-refractivity contribution in [2.45, 2.75) is 46.2 Å². The van der Waals surface area contributed by atoms with Crippen LogP contribution >= 0.6 is 11.6 Å². The Hall–Kier alpha value is -2.05. The molecule has 0 aliphatic carbocycles. The zero-order chi connectivity index (χ0) is 21.0. The van der Waals surface area contributed by atoms with Crippen LogP contribution in [-0.4, -0.2) is 47.3 Å². The second-order valence-electron chi connectivity index (χ2n) is 8.07. The van der Waals surface area contributed by atoms with Crippen molar-refractivity contribution in [3.05, 3.63) is 46.2 Å². The van der Waals surface area contributed by atoms with Crippen LogP contribution in [0.25, 0.3) is 0 Å². The fourth-order valence-electron chi connectivity index (χ4n) is 3.89. The number of nitrogens with one attached hydrogen (secondary N) is 1. The number of aryl methyl sites for hydroxylation is 1. The second kappa shape index (κ2) is 9.63. The predicted molar refractivity (Wildman–Crippen MR) is 116 cm³/mol. The molecule has 1 aliphatic rings. The summed E-state index contributed by atoms with van der Waals surface area (Å²) in [6.45, 7) is 9.33. The van der Waals surface area contributed by atoms with Crippen LogP contribution in [0.3, 0.4) is 0 Å². The molecular weight excluding hydrogens is 388 g/mol. The standard InChI is InChI=1S/C22H31ClN4O2/c1-15(2)14-27-21(23)20(16(3)25-27)22(28)24-13-19(26-11-5-6-12-26)17-7-9-18(29-4)10-8-17/h7-10,15,19H,5-6,11-14H2,1-4H3,(H,24,28)/t19-/m0/s1. The van der Waals surface area contributed by atoms with Gasteiger partial charge in [0.25, 0.3) is 5.91 Å². The number of aromatic nitrogens is 2. The maximum Gasteiger partial charge on any atom is 0.256 e. The molecule has 1 aromatic carbocycles. The van der Waals surface area contributed by atoms with Crippen LogP contribution in [0.4, 0.5) is 0 Å². The van der Waals surface area contributed by atoms with E-state index in [0.29, 0.717) is 35.4 Å². The van der Waals surface area contributed by atoms with Gasteiger partial charge >= 0.3 is 0 Å². The van der Waals surface area contributed by atoms with Crippen LogP contribution in [0, 0.1) is 12.8 Å². The van der Waals surface area contributed by atoms with Crippen molar-refractivity contribution in [2.24, 2.45) is 5.92 Å². The number of hydrogen-bond donors (Lipinski definition) is 1. The normalized spacial score (nSPS) is 15.7. The fraction of sp³-hybridized carbons (Fsp3) is 0.545. The molecule has 158 valence electrons. The van der Waals surface area contributed by atoms with E-state index in [4.69, 9.17) is 16.3 Å². The molecule has 1 amide bonds. The van der Waals surface area contributed by atoms with Crippen molar-refractivity contribution in [1.29, 1.82) is 0 Å². The quantitative estimate of drug-likeness (QED) is 0.701. The average molecular weight is 419 g/mol. The first-order chi connectivity index (χ1) is 13.9. The highest BCUT2D eigenvalue weighted by molar-refractivity contribution is 6.33. The first-order valence-corrected chi connectivity index (χ1v) is 10.7. The van der Waals surface area contributed by atoms with E-state index in [1.54, 1.807) is 11.8 Å². The van der Waals surface area contributed by atoms with E-state index in [1.807, 2.05) is 19.1 Å². The molecule has 2 heterocycles. The van der Waals surface area contributed by atoms with Crippen molar-refractivity contribution < 1.29 is 9.53 Å². The van der Waals surface area contributed by atoms with E-state index >= 15 is 0 Å². The summed E-state index contributed by atoms with van der Waals surface area (Å²) >= 11 is 6.48. The van der Waals surface area contributed by atoms with E-state index in [0.717, 1.165) is 18.8 Å². The molecule has 1 aliphatic heterocycles. The van der Waals surface area contributed by atoms with Crippen molar-refractivity contribution in [1.82, 2.24) is 20.0 Å². The van der Waals surface area contributed by atoms with Crippen LogP contribution in [0.15, 0.2) is 24.3 Å². The van der Waals surface area contributed by atoms with Gasteiger partial charge in [-0.1, -0.05) is 37.6 Å². The number of amides is 1.